The van der Waals surface area contributed by atoms with Crippen LogP contribution >= 0.6 is 11.8 Å². The first-order chi connectivity index (χ1) is 23.4. The zero-order valence-corrected chi connectivity index (χ0v) is 27.6. The van der Waals surface area contributed by atoms with Gasteiger partial charge in [0, 0.05) is 23.5 Å². The number of urea groups is 1. The number of thioether (sulfide) groups is 1. The van der Waals surface area contributed by atoms with Crippen LogP contribution in [-0.2, 0) is 10.3 Å². The molecule has 11 heteroatoms. The van der Waals surface area contributed by atoms with Crippen molar-refractivity contribution in [3.8, 4) is 17.2 Å². The minimum Gasteiger partial charge on any atom is -0.497 e. The Bertz CT molecular complexity index is 1700. The number of para-hydroxylation sites is 2. The lowest BCUT2D eigenvalue weighted by molar-refractivity contribution is -0.385. The molecule has 48 heavy (non-hydrogen) atoms. The Morgan fingerprint density at radius 2 is 1.46 bits per heavy atom. The Labute approximate surface area is 283 Å². The van der Waals surface area contributed by atoms with E-state index in [2.05, 4.69) is 17.4 Å². The van der Waals surface area contributed by atoms with Crippen LogP contribution in [0.4, 0.5) is 10.5 Å². The first-order valence-corrected chi connectivity index (χ1v) is 16.9. The van der Waals surface area contributed by atoms with Crippen molar-refractivity contribution in [1.29, 1.82) is 0 Å². The number of nitrogens with one attached hydrogen (secondary N) is 1. The molecule has 2 aliphatic rings. The number of unbranched alkanes of at least 4 members (excludes halogenated alkanes) is 1. The highest BCUT2D eigenvalue weighted by atomic mass is 32.2. The van der Waals surface area contributed by atoms with E-state index in [9.17, 15) is 19.7 Å². The first-order valence-electron chi connectivity index (χ1n) is 15.9. The summed E-state index contributed by atoms with van der Waals surface area (Å²) >= 11 is 1.83. The molecule has 248 valence electrons. The standard InChI is InChI=1S/C37H37N3O7S/c1-45-28-20-16-26(17-21-28)37(25-10-4-3-5-11-25,27-18-22-29(46-2)23-19-27)39-31-24-48-33(35(31)38-36(39)42)14-8-9-15-34(41)47-32-13-7-6-12-30(32)40(43)44/h3-7,10-13,16-23,31,33,35H,8-9,14-15,24H2,1-2H3,(H,38,42)/t31-,33-,35-/m0/s1. The van der Waals surface area contributed by atoms with E-state index in [0.29, 0.717) is 6.42 Å². The molecule has 0 radical (unpaired) electrons. The molecule has 2 fully saturated rings. The number of ether oxygens (including phenoxy) is 3. The maximum absolute atomic E-state index is 14.3. The van der Waals surface area contributed by atoms with Gasteiger partial charge in [-0.1, -0.05) is 73.2 Å². The van der Waals surface area contributed by atoms with Gasteiger partial charge in [0.05, 0.1) is 31.2 Å². The molecule has 2 amide bonds. The van der Waals surface area contributed by atoms with Gasteiger partial charge in [0.15, 0.2) is 0 Å². The predicted molar refractivity (Wildman–Crippen MR) is 184 cm³/mol. The molecular formula is C37H37N3O7S. The molecule has 0 aromatic heterocycles. The fourth-order valence-corrected chi connectivity index (χ4v) is 8.46. The number of nitrogens with zero attached hydrogens (tertiary/aromatic N) is 2. The van der Waals surface area contributed by atoms with Gasteiger partial charge in [0.2, 0.25) is 5.75 Å². The number of carbonyl (C=O) groups excluding carboxylic acids is 2. The Morgan fingerprint density at radius 1 is 0.875 bits per heavy atom. The van der Waals surface area contributed by atoms with E-state index in [1.165, 1.54) is 18.2 Å². The highest BCUT2D eigenvalue weighted by Gasteiger charge is 2.57. The van der Waals surface area contributed by atoms with Gasteiger partial charge in [-0.2, -0.15) is 11.8 Å². The van der Waals surface area contributed by atoms with Crippen LogP contribution in [0.2, 0.25) is 0 Å². The highest BCUT2D eigenvalue weighted by molar-refractivity contribution is 8.00. The smallest absolute Gasteiger partial charge is 0.319 e. The number of benzene rings is 4. The molecule has 2 heterocycles. The number of carbonyl (C=O) groups is 2. The topological polar surface area (TPSA) is 120 Å². The maximum Gasteiger partial charge on any atom is 0.319 e. The number of rotatable bonds is 13. The average Bonchev–Trinajstić information content (AvgIpc) is 3.66. The molecule has 6 rings (SSSR count). The van der Waals surface area contributed by atoms with Crippen molar-refractivity contribution in [3.63, 3.8) is 0 Å². The largest absolute Gasteiger partial charge is 0.497 e. The summed E-state index contributed by atoms with van der Waals surface area (Å²) < 4.78 is 16.3. The van der Waals surface area contributed by atoms with E-state index in [1.54, 1.807) is 20.3 Å². The molecule has 0 spiro atoms. The van der Waals surface area contributed by atoms with Crippen molar-refractivity contribution < 1.29 is 28.7 Å². The van der Waals surface area contributed by atoms with Gasteiger partial charge in [0.25, 0.3) is 0 Å². The lowest BCUT2D eigenvalue weighted by Crippen LogP contribution is -2.53. The van der Waals surface area contributed by atoms with Crippen LogP contribution in [0.25, 0.3) is 0 Å². The minimum atomic E-state index is -0.956. The van der Waals surface area contributed by atoms with Crippen LogP contribution in [0.15, 0.2) is 103 Å². The second-order valence-electron chi connectivity index (χ2n) is 11.8. The quantitative estimate of drug-likeness (QED) is 0.0310. The van der Waals surface area contributed by atoms with Crippen molar-refractivity contribution in [1.82, 2.24) is 10.2 Å². The number of nitro groups is 1. The Morgan fingerprint density at radius 3 is 2.06 bits per heavy atom. The molecule has 0 bridgehead atoms. The van der Waals surface area contributed by atoms with Gasteiger partial charge in [-0.25, -0.2) is 4.79 Å². The summed E-state index contributed by atoms with van der Waals surface area (Å²) in [5.41, 5.74) is 1.63. The molecule has 0 saturated carbocycles. The lowest BCUT2D eigenvalue weighted by Gasteiger charge is -2.45. The molecule has 2 saturated heterocycles. The van der Waals surface area contributed by atoms with Gasteiger partial charge in [-0.05, 0) is 59.9 Å². The second-order valence-corrected chi connectivity index (χ2v) is 13.0. The van der Waals surface area contributed by atoms with Crippen LogP contribution in [0.1, 0.15) is 42.4 Å². The van der Waals surface area contributed by atoms with E-state index in [-0.39, 0.29) is 41.2 Å². The van der Waals surface area contributed by atoms with E-state index in [1.807, 2.05) is 83.4 Å². The lowest BCUT2D eigenvalue weighted by atomic mass is 9.74. The minimum absolute atomic E-state index is 0.0499. The van der Waals surface area contributed by atoms with Crippen LogP contribution in [0, 0.1) is 10.1 Å². The highest BCUT2D eigenvalue weighted by Crippen LogP contribution is 2.49. The fourth-order valence-electron chi connectivity index (χ4n) is 6.87. The molecule has 0 aliphatic carbocycles. The summed E-state index contributed by atoms with van der Waals surface area (Å²) in [6.07, 6.45) is 2.24. The van der Waals surface area contributed by atoms with Crippen molar-refractivity contribution in [3.05, 3.63) is 130 Å². The van der Waals surface area contributed by atoms with Gasteiger partial charge < -0.3 is 24.4 Å². The number of hydrogen-bond donors (Lipinski definition) is 1. The molecule has 1 N–H and O–H groups in total. The third-order valence-corrected chi connectivity index (χ3v) is 10.6. The Hall–Kier alpha value is -5.03. The van der Waals surface area contributed by atoms with Crippen molar-refractivity contribution in [2.45, 2.75) is 48.6 Å². The van der Waals surface area contributed by atoms with Gasteiger partial charge >= 0.3 is 17.7 Å². The fraction of sp³-hybridized carbons (Fsp3) is 0.297. The number of fused-ring (bicyclic) bond motifs is 1. The molecule has 3 atom stereocenters. The molecular weight excluding hydrogens is 630 g/mol. The third kappa shape index (κ3) is 6.29. The first kappa shape index (κ1) is 32.9. The van der Waals surface area contributed by atoms with Crippen LogP contribution in [0.5, 0.6) is 17.2 Å². The SMILES string of the molecule is COc1ccc(C(c2ccccc2)(c2ccc(OC)cc2)N2C(=O)N[C@@H]3[C@H](CCCCC(=O)Oc4ccccc4[N+](=O)[O-])SC[C@@H]32)cc1. The van der Waals surface area contributed by atoms with Crippen LogP contribution < -0.4 is 19.5 Å². The van der Waals surface area contributed by atoms with Crippen LogP contribution in [0.3, 0.4) is 0 Å². The molecule has 0 unspecified atom stereocenters. The summed E-state index contributed by atoms with van der Waals surface area (Å²) in [7, 11) is 3.27. The maximum atomic E-state index is 14.3. The molecule has 10 nitrogen and oxygen atoms in total. The zero-order valence-electron chi connectivity index (χ0n) is 26.7. The summed E-state index contributed by atoms with van der Waals surface area (Å²) in [5.74, 6) is 1.64. The van der Waals surface area contributed by atoms with Crippen molar-refractivity contribution in [2.24, 2.45) is 0 Å². The molecule has 4 aromatic carbocycles. The van der Waals surface area contributed by atoms with Gasteiger partial charge in [-0.3, -0.25) is 14.9 Å². The average molecular weight is 668 g/mol. The van der Waals surface area contributed by atoms with E-state index in [4.69, 9.17) is 14.2 Å². The van der Waals surface area contributed by atoms with Crippen molar-refractivity contribution >= 4 is 29.4 Å². The number of amides is 2. The third-order valence-electron chi connectivity index (χ3n) is 9.11. The molecule has 2 aliphatic heterocycles. The zero-order chi connectivity index (χ0) is 33.7. The predicted octanol–water partition coefficient (Wildman–Crippen LogP) is 6.95. The van der Waals surface area contributed by atoms with E-state index < -0.39 is 16.4 Å². The monoisotopic (exact) mass is 667 g/mol. The number of esters is 1. The number of hydrogen-bond acceptors (Lipinski definition) is 8. The van der Waals surface area contributed by atoms with Crippen molar-refractivity contribution in [2.75, 3.05) is 20.0 Å². The second kappa shape index (κ2) is 14.4. The molecule has 4 aromatic rings. The Balaban J connectivity index is 1.24. The van der Waals surface area contributed by atoms with E-state index in [0.717, 1.165) is 46.8 Å². The van der Waals surface area contributed by atoms with Crippen LogP contribution in [-0.4, -0.2) is 59.1 Å². The number of methoxy groups -OCH3 is 2. The summed E-state index contributed by atoms with van der Waals surface area (Å²) in [4.78, 5) is 39.5. The summed E-state index contributed by atoms with van der Waals surface area (Å²) in [6.45, 7) is 0. The Kier molecular flexibility index (Phi) is 9.86. The van der Waals surface area contributed by atoms with E-state index >= 15 is 0 Å². The van der Waals surface area contributed by atoms with Gasteiger partial charge in [0.1, 0.15) is 17.0 Å². The normalized spacial score (nSPS) is 18.6. The van der Waals surface area contributed by atoms with Gasteiger partial charge in [-0.15, -0.1) is 0 Å². The summed E-state index contributed by atoms with van der Waals surface area (Å²) in [5, 5.41) is 14.8. The number of nitro benzene ring substituents is 1. The summed E-state index contributed by atoms with van der Waals surface area (Å²) in [6, 6.07) is 31.4.